The van der Waals surface area contributed by atoms with E-state index in [1.54, 1.807) is 0 Å². The van der Waals surface area contributed by atoms with Crippen LogP contribution in [-0.4, -0.2) is 27.1 Å². The van der Waals surface area contributed by atoms with Crippen LogP contribution in [0.25, 0.3) is 0 Å². The molecule has 1 aromatic carbocycles. The Kier molecular flexibility index (Phi) is 4.98. The minimum atomic E-state index is -0.963. The minimum Gasteiger partial charge on any atom is -0.388 e. The molecule has 0 spiro atoms. The van der Waals surface area contributed by atoms with E-state index in [1.807, 2.05) is 13.8 Å². The molecule has 110 valence electrons. The number of hydrogen-bond donors (Lipinski definition) is 2. The van der Waals surface area contributed by atoms with E-state index in [2.05, 4.69) is 5.32 Å². The van der Waals surface area contributed by atoms with Crippen molar-refractivity contribution in [3.8, 4) is 0 Å². The lowest BCUT2D eigenvalue weighted by atomic mass is 9.97. The largest absolute Gasteiger partial charge is 0.388 e. The number of benzene rings is 1. The van der Waals surface area contributed by atoms with Gasteiger partial charge in [-0.15, -0.1) is 0 Å². The topological polar surface area (TPSA) is 119 Å². The van der Waals surface area contributed by atoms with Gasteiger partial charge in [-0.25, -0.2) is 0 Å². The Morgan fingerprint density at radius 1 is 1.20 bits per heavy atom. The maximum atomic E-state index is 10.9. The van der Waals surface area contributed by atoms with Crippen molar-refractivity contribution >= 4 is 17.1 Å². The number of nitrogens with one attached hydrogen (secondary N) is 1. The smallest absolute Gasteiger partial charge is 0.299 e. The van der Waals surface area contributed by atoms with Gasteiger partial charge in [-0.3, -0.25) is 20.2 Å². The van der Waals surface area contributed by atoms with E-state index in [-0.39, 0.29) is 23.6 Å². The molecular formula is C12H17N3O5. The van der Waals surface area contributed by atoms with E-state index in [1.165, 1.54) is 12.1 Å². The van der Waals surface area contributed by atoms with Gasteiger partial charge in [0.2, 0.25) is 0 Å². The van der Waals surface area contributed by atoms with Crippen molar-refractivity contribution in [3.63, 3.8) is 0 Å². The molecule has 0 saturated heterocycles. The predicted molar refractivity (Wildman–Crippen MR) is 73.8 cm³/mol. The molecule has 0 saturated carbocycles. The highest BCUT2D eigenvalue weighted by Gasteiger charge is 2.25. The molecule has 2 N–H and O–H groups in total. The van der Waals surface area contributed by atoms with Gasteiger partial charge in [0.05, 0.1) is 21.5 Å². The van der Waals surface area contributed by atoms with Crippen molar-refractivity contribution in [2.24, 2.45) is 0 Å². The van der Waals surface area contributed by atoms with Gasteiger partial charge in [-0.2, -0.15) is 0 Å². The molecule has 0 radical (unpaired) electrons. The van der Waals surface area contributed by atoms with Crippen LogP contribution in [0.5, 0.6) is 0 Å². The molecule has 0 amide bonds. The standard InChI is InChI=1S/C12H17N3O5/c1-3-12(16,4-2)8-13-10-6-5-9(14(17)18)7-11(10)15(19)20/h5-7,13,16H,3-4,8H2,1-2H3. The summed E-state index contributed by atoms with van der Waals surface area (Å²) < 4.78 is 0. The van der Waals surface area contributed by atoms with Gasteiger partial charge in [-0.1, -0.05) is 13.8 Å². The zero-order valence-corrected chi connectivity index (χ0v) is 11.3. The third kappa shape index (κ3) is 3.64. The van der Waals surface area contributed by atoms with E-state index in [9.17, 15) is 25.3 Å². The Bertz CT molecular complexity index is 514. The number of aliphatic hydroxyl groups is 1. The molecule has 8 nitrogen and oxygen atoms in total. The molecule has 0 aliphatic carbocycles. The lowest BCUT2D eigenvalue weighted by molar-refractivity contribution is -0.393. The Balaban J connectivity index is 3.01. The fourth-order valence-electron chi connectivity index (χ4n) is 1.69. The molecule has 1 rings (SSSR count). The number of nitro groups is 2. The highest BCUT2D eigenvalue weighted by atomic mass is 16.6. The Morgan fingerprint density at radius 3 is 2.25 bits per heavy atom. The number of rotatable bonds is 7. The fourth-order valence-corrected chi connectivity index (χ4v) is 1.69. The average molecular weight is 283 g/mol. The summed E-state index contributed by atoms with van der Waals surface area (Å²) in [6.45, 7) is 3.77. The monoisotopic (exact) mass is 283 g/mol. The van der Waals surface area contributed by atoms with Crippen molar-refractivity contribution in [1.29, 1.82) is 0 Å². The lowest BCUT2D eigenvalue weighted by Crippen LogP contribution is -2.35. The highest BCUT2D eigenvalue weighted by Crippen LogP contribution is 2.29. The van der Waals surface area contributed by atoms with Gasteiger partial charge in [0, 0.05) is 12.6 Å². The highest BCUT2D eigenvalue weighted by molar-refractivity contribution is 5.65. The van der Waals surface area contributed by atoms with E-state index < -0.39 is 15.4 Å². The van der Waals surface area contributed by atoms with Gasteiger partial charge in [0.15, 0.2) is 0 Å². The number of nitrogens with zero attached hydrogens (tertiary/aromatic N) is 2. The van der Waals surface area contributed by atoms with Crippen molar-refractivity contribution in [3.05, 3.63) is 38.4 Å². The summed E-state index contributed by atoms with van der Waals surface area (Å²) in [5.74, 6) is 0. The summed E-state index contributed by atoms with van der Waals surface area (Å²) in [6.07, 6.45) is 0.995. The Labute approximate surface area is 115 Å². The van der Waals surface area contributed by atoms with Crippen molar-refractivity contribution in [2.75, 3.05) is 11.9 Å². The molecule has 0 fully saturated rings. The van der Waals surface area contributed by atoms with Crippen LogP contribution in [0, 0.1) is 20.2 Å². The van der Waals surface area contributed by atoms with Crippen molar-refractivity contribution in [1.82, 2.24) is 0 Å². The molecule has 0 unspecified atom stereocenters. The summed E-state index contributed by atoms with van der Waals surface area (Å²) in [7, 11) is 0. The molecule has 0 aromatic heterocycles. The summed E-state index contributed by atoms with van der Waals surface area (Å²) in [6, 6.07) is 3.37. The molecule has 8 heteroatoms. The van der Waals surface area contributed by atoms with Gasteiger partial charge in [-0.05, 0) is 18.9 Å². The van der Waals surface area contributed by atoms with Crippen molar-refractivity contribution in [2.45, 2.75) is 32.3 Å². The number of nitro benzene ring substituents is 2. The second-order valence-corrected chi connectivity index (χ2v) is 4.50. The lowest BCUT2D eigenvalue weighted by Gasteiger charge is -2.25. The second-order valence-electron chi connectivity index (χ2n) is 4.50. The van der Waals surface area contributed by atoms with Gasteiger partial charge in [0.25, 0.3) is 11.4 Å². The first-order valence-corrected chi connectivity index (χ1v) is 6.22. The number of hydrogen-bond acceptors (Lipinski definition) is 6. The molecular weight excluding hydrogens is 266 g/mol. The summed E-state index contributed by atoms with van der Waals surface area (Å²) in [5.41, 5.74) is -1.53. The minimum absolute atomic E-state index is 0.138. The van der Waals surface area contributed by atoms with Gasteiger partial charge < -0.3 is 10.4 Å². The van der Waals surface area contributed by atoms with Crippen LogP contribution in [0.1, 0.15) is 26.7 Å². The average Bonchev–Trinajstić information content (AvgIpc) is 2.44. The number of non-ortho nitro benzene ring substituents is 1. The normalized spacial score (nSPS) is 11.2. The first-order valence-electron chi connectivity index (χ1n) is 6.22. The summed E-state index contributed by atoms with van der Waals surface area (Å²) >= 11 is 0. The van der Waals surface area contributed by atoms with E-state index >= 15 is 0 Å². The van der Waals surface area contributed by atoms with Crippen LogP contribution in [-0.2, 0) is 0 Å². The van der Waals surface area contributed by atoms with Crippen LogP contribution >= 0.6 is 0 Å². The van der Waals surface area contributed by atoms with Crippen LogP contribution in [0.2, 0.25) is 0 Å². The Hall–Kier alpha value is -2.22. The molecule has 0 bridgehead atoms. The molecule has 1 aromatic rings. The van der Waals surface area contributed by atoms with E-state index in [0.29, 0.717) is 12.8 Å². The molecule has 0 atom stereocenters. The maximum Gasteiger partial charge on any atom is 0.299 e. The first kappa shape index (κ1) is 15.8. The van der Waals surface area contributed by atoms with Crippen LogP contribution in [0.15, 0.2) is 18.2 Å². The van der Waals surface area contributed by atoms with Crippen LogP contribution in [0.3, 0.4) is 0 Å². The SMILES string of the molecule is CCC(O)(CC)CNc1ccc([N+](=O)[O-])cc1[N+](=O)[O-]. The summed E-state index contributed by atoms with van der Waals surface area (Å²) in [5, 5.41) is 34.5. The Morgan fingerprint density at radius 2 is 1.80 bits per heavy atom. The molecule has 20 heavy (non-hydrogen) atoms. The molecule has 0 heterocycles. The van der Waals surface area contributed by atoms with Crippen molar-refractivity contribution < 1.29 is 15.0 Å². The molecule has 0 aliphatic rings. The van der Waals surface area contributed by atoms with E-state index in [4.69, 9.17) is 0 Å². The first-order chi connectivity index (χ1) is 9.33. The fraction of sp³-hybridized carbons (Fsp3) is 0.500. The maximum absolute atomic E-state index is 10.9. The predicted octanol–water partition coefficient (Wildman–Crippen LogP) is 2.47. The van der Waals surface area contributed by atoms with Crippen LogP contribution < -0.4 is 5.32 Å². The van der Waals surface area contributed by atoms with Gasteiger partial charge >= 0.3 is 0 Å². The zero-order chi connectivity index (χ0) is 15.3. The third-order valence-electron chi connectivity index (χ3n) is 3.31. The quantitative estimate of drug-likeness (QED) is 0.586. The second kappa shape index (κ2) is 6.29. The van der Waals surface area contributed by atoms with Crippen LogP contribution in [0.4, 0.5) is 17.1 Å². The number of anilines is 1. The van der Waals surface area contributed by atoms with Gasteiger partial charge in [0.1, 0.15) is 5.69 Å². The summed E-state index contributed by atoms with van der Waals surface area (Å²) in [4.78, 5) is 20.2. The third-order valence-corrected chi connectivity index (χ3v) is 3.31. The zero-order valence-electron chi connectivity index (χ0n) is 11.3. The van der Waals surface area contributed by atoms with E-state index in [0.717, 1.165) is 6.07 Å². The molecule has 0 aliphatic heterocycles.